The molecule has 4 aliphatic heterocycles. The van der Waals surface area contributed by atoms with Crippen LogP contribution in [-0.4, -0.2) is 36.4 Å². The summed E-state index contributed by atoms with van der Waals surface area (Å²) in [5.74, 6) is 2.52. The van der Waals surface area contributed by atoms with Gasteiger partial charge in [-0.3, -0.25) is 4.79 Å². The largest absolute Gasteiger partial charge is 0.457 e. The van der Waals surface area contributed by atoms with E-state index in [9.17, 15) is 4.79 Å². The van der Waals surface area contributed by atoms with Gasteiger partial charge in [-0.05, 0) is 23.6 Å². The molecule has 3 aromatic rings. The van der Waals surface area contributed by atoms with Crippen LogP contribution < -0.4 is 4.74 Å². The Morgan fingerprint density at radius 3 is 2.06 bits per heavy atom. The average Bonchev–Trinajstić information content (AvgIpc) is 2.87. The van der Waals surface area contributed by atoms with Crippen LogP contribution in [0.15, 0.2) is 78.9 Å². The van der Waals surface area contributed by atoms with Gasteiger partial charge in [-0.25, -0.2) is 0 Å². The number of carbonyl (C=O) groups excluding carboxylic acids is 1. The average molecular weight is 425 g/mol. The molecule has 0 unspecified atom stereocenters. The summed E-state index contributed by atoms with van der Waals surface area (Å²) in [4.78, 5) is 14.2. The highest BCUT2D eigenvalue weighted by Crippen LogP contribution is 2.48. The van der Waals surface area contributed by atoms with Gasteiger partial charge in [0.1, 0.15) is 11.5 Å². The van der Waals surface area contributed by atoms with Crippen molar-refractivity contribution in [2.45, 2.75) is 25.2 Å². The smallest absolute Gasteiger partial charge is 0.153 e. The molecule has 3 saturated heterocycles. The first-order valence-corrected chi connectivity index (χ1v) is 12.0. The lowest BCUT2D eigenvalue weighted by molar-refractivity contribution is -0.945. The Kier molecular flexibility index (Phi) is 4.87. The van der Waals surface area contributed by atoms with E-state index in [1.54, 1.807) is 0 Å². The number of piperidine rings is 3. The number of para-hydroxylation sites is 2. The third-order valence-corrected chi connectivity index (χ3v) is 8.15. The van der Waals surface area contributed by atoms with Crippen LogP contribution >= 0.6 is 0 Å². The minimum Gasteiger partial charge on any atom is -0.457 e. The first-order valence-electron chi connectivity index (χ1n) is 12.0. The molecule has 4 aliphatic rings. The summed E-state index contributed by atoms with van der Waals surface area (Å²) in [7, 11) is 0. The van der Waals surface area contributed by atoms with E-state index in [-0.39, 0.29) is 11.8 Å². The highest BCUT2D eigenvalue weighted by molar-refractivity contribution is 5.93. The third kappa shape index (κ3) is 3.36. The number of carbonyl (C=O) groups is 1. The monoisotopic (exact) mass is 424 g/mol. The summed E-state index contributed by atoms with van der Waals surface area (Å²) in [6.45, 7) is 4.59. The summed E-state index contributed by atoms with van der Waals surface area (Å²) in [5.41, 5.74) is 3.47. The Labute approximate surface area is 190 Å². The van der Waals surface area contributed by atoms with Gasteiger partial charge in [0.05, 0.1) is 38.0 Å². The molecule has 2 bridgehead atoms. The maximum absolute atomic E-state index is 14.2. The van der Waals surface area contributed by atoms with Gasteiger partial charge in [0.25, 0.3) is 0 Å². The van der Waals surface area contributed by atoms with Gasteiger partial charge >= 0.3 is 0 Å². The van der Waals surface area contributed by atoms with Crippen molar-refractivity contribution in [3.8, 4) is 11.5 Å². The number of ketones is 1. The van der Waals surface area contributed by atoms with Gasteiger partial charge < -0.3 is 9.22 Å². The van der Waals surface area contributed by atoms with Gasteiger partial charge in [0.2, 0.25) is 0 Å². The number of quaternary nitrogens is 1. The molecular formula is C29H30NO2+. The zero-order valence-electron chi connectivity index (χ0n) is 18.5. The standard InChI is InChI=1S/C29H30NO2/c31-29(28-23-10-4-6-12-26(23)32-27-13-7-5-11-24(27)28)25-20-30(18-15-22(25)16-19-30)17-14-21-8-2-1-3-9-21/h1-13,22,25,28H,14-20H2/q+1/t22?,25-,30?/m0/s1. The molecule has 3 fully saturated rings. The summed E-state index contributed by atoms with van der Waals surface area (Å²) in [5, 5.41) is 0. The van der Waals surface area contributed by atoms with Crippen molar-refractivity contribution in [2.75, 3.05) is 26.2 Å². The summed E-state index contributed by atoms with van der Waals surface area (Å²) < 4.78 is 7.26. The van der Waals surface area contributed by atoms with E-state index in [4.69, 9.17) is 4.74 Å². The predicted octanol–water partition coefficient (Wildman–Crippen LogP) is 5.59. The van der Waals surface area contributed by atoms with E-state index >= 15 is 0 Å². The molecule has 0 spiro atoms. The van der Waals surface area contributed by atoms with Crippen molar-refractivity contribution in [3.63, 3.8) is 0 Å². The number of hydrogen-bond acceptors (Lipinski definition) is 2. The van der Waals surface area contributed by atoms with Crippen LogP contribution in [-0.2, 0) is 11.2 Å². The number of ether oxygens (including phenoxy) is 1. The maximum Gasteiger partial charge on any atom is 0.153 e. The minimum absolute atomic E-state index is 0.137. The number of rotatable bonds is 5. The third-order valence-electron chi connectivity index (χ3n) is 8.15. The molecule has 4 heterocycles. The van der Waals surface area contributed by atoms with Crippen LogP contribution in [0.2, 0.25) is 0 Å². The molecule has 3 nitrogen and oxygen atoms in total. The second kappa shape index (κ2) is 7.90. The number of nitrogens with zero attached hydrogens (tertiary/aromatic N) is 1. The second-order valence-corrected chi connectivity index (χ2v) is 9.89. The maximum atomic E-state index is 14.2. The Morgan fingerprint density at radius 1 is 0.812 bits per heavy atom. The number of Topliss-reactive ketones (excluding diaryl/α,β-unsaturated/α-hetero) is 1. The molecular weight excluding hydrogens is 394 g/mol. The molecule has 7 rings (SSSR count). The van der Waals surface area contributed by atoms with E-state index in [1.165, 1.54) is 31.5 Å². The molecule has 3 heteroatoms. The highest BCUT2D eigenvalue weighted by Gasteiger charge is 2.50. The molecule has 0 radical (unpaired) electrons. The van der Waals surface area contributed by atoms with Crippen molar-refractivity contribution in [1.29, 1.82) is 0 Å². The second-order valence-electron chi connectivity index (χ2n) is 9.89. The van der Waals surface area contributed by atoms with Gasteiger partial charge in [-0.2, -0.15) is 0 Å². The van der Waals surface area contributed by atoms with E-state index in [0.717, 1.165) is 46.6 Å². The van der Waals surface area contributed by atoms with Crippen LogP contribution in [0.1, 0.15) is 35.4 Å². The minimum atomic E-state index is -0.212. The van der Waals surface area contributed by atoms with Crippen molar-refractivity contribution in [2.24, 2.45) is 11.8 Å². The Balaban J connectivity index is 1.29. The summed E-state index contributed by atoms with van der Waals surface area (Å²) >= 11 is 0. The van der Waals surface area contributed by atoms with Crippen LogP contribution in [0, 0.1) is 11.8 Å². The van der Waals surface area contributed by atoms with Crippen LogP contribution in [0.4, 0.5) is 0 Å². The van der Waals surface area contributed by atoms with Gasteiger partial charge in [0.15, 0.2) is 5.78 Å². The zero-order valence-corrected chi connectivity index (χ0v) is 18.5. The molecule has 0 aliphatic carbocycles. The fourth-order valence-corrected chi connectivity index (χ4v) is 6.37. The lowest BCUT2D eigenvalue weighted by Gasteiger charge is -2.53. The van der Waals surface area contributed by atoms with E-state index in [0.29, 0.717) is 11.7 Å². The first-order chi connectivity index (χ1) is 15.7. The molecule has 0 saturated carbocycles. The number of hydrogen-bond donors (Lipinski definition) is 0. The van der Waals surface area contributed by atoms with Crippen molar-refractivity contribution in [3.05, 3.63) is 95.6 Å². The Morgan fingerprint density at radius 2 is 1.41 bits per heavy atom. The SMILES string of the molecule is O=C(C1c2ccccc2Oc2ccccc21)[C@H]1C[N+]2(CCc3ccccc3)CCC1CC2. The van der Waals surface area contributed by atoms with Gasteiger partial charge in [-0.15, -0.1) is 0 Å². The molecule has 32 heavy (non-hydrogen) atoms. The lowest BCUT2D eigenvalue weighted by atomic mass is 9.70. The van der Waals surface area contributed by atoms with Gasteiger partial charge in [-0.1, -0.05) is 66.7 Å². The molecule has 3 aromatic carbocycles. The molecule has 0 amide bonds. The molecule has 0 aromatic heterocycles. The van der Waals surface area contributed by atoms with E-state index in [1.807, 2.05) is 36.4 Å². The summed E-state index contributed by atoms with van der Waals surface area (Å²) in [6.07, 6.45) is 3.45. The molecule has 162 valence electrons. The van der Waals surface area contributed by atoms with Crippen LogP contribution in [0.5, 0.6) is 11.5 Å². The highest BCUT2D eigenvalue weighted by atomic mass is 16.5. The summed E-state index contributed by atoms with van der Waals surface area (Å²) in [6, 6.07) is 27.0. The predicted molar refractivity (Wildman–Crippen MR) is 126 cm³/mol. The quantitative estimate of drug-likeness (QED) is 0.499. The fourth-order valence-electron chi connectivity index (χ4n) is 6.37. The van der Waals surface area contributed by atoms with Crippen molar-refractivity contribution in [1.82, 2.24) is 0 Å². The van der Waals surface area contributed by atoms with Gasteiger partial charge in [0, 0.05) is 30.4 Å². The van der Waals surface area contributed by atoms with Crippen molar-refractivity contribution >= 4 is 5.78 Å². The molecule has 1 atom stereocenters. The normalized spacial score (nSPS) is 26.1. The van der Waals surface area contributed by atoms with E-state index in [2.05, 4.69) is 42.5 Å². The van der Waals surface area contributed by atoms with Crippen molar-refractivity contribution < 1.29 is 14.0 Å². The fraction of sp³-hybridized carbons (Fsp3) is 0.345. The van der Waals surface area contributed by atoms with E-state index < -0.39 is 0 Å². The molecule has 0 N–H and O–H groups in total. The number of benzene rings is 3. The van der Waals surface area contributed by atoms with Crippen LogP contribution in [0.25, 0.3) is 0 Å². The van der Waals surface area contributed by atoms with Crippen LogP contribution in [0.3, 0.4) is 0 Å². The Hall–Kier alpha value is -2.91. The lowest BCUT2D eigenvalue weighted by Crippen LogP contribution is -2.64. The topological polar surface area (TPSA) is 26.3 Å². The first kappa shape index (κ1) is 19.8. The zero-order chi connectivity index (χ0) is 21.5. The Bertz CT molecular complexity index is 1090. The number of fused-ring (bicyclic) bond motifs is 5.